The van der Waals surface area contributed by atoms with Crippen LogP contribution in [0.5, 0.6) is 0 Å². The molecule has 1 aliphatic carbocycles. The van der Waals surface area contributed by atoms with E-state index in [1.54, 1.807) is 0 Å². The van der Waals surface area contributed by atoms with Crippen molar-refractivity contribution in [2.45, 2.75) is 45.1 Å². The summed E-state index contributed by atoms with van der Waals surface area (Å²) in [5.74, 6) is 0.956. The minimum Gasteiger partial charge on any atom is -0.360 e. The van der Waals surface area contributed by atoms with E-state index in [1.807, 2.05) is 0 Å². The Balaban J connectivity index is 1.86. The van der Waals surface area contributed by atoms with Gasteiger partial charge in [0.05, 0.1) is 6.34 Å². The summed E-state index contributed by atoms with van der Waals surface area (Å²) < 4.78 is 0. The lowest BCUT2D eigenvalue weighted by Crippen LogP contribution is -2.39. The predicted molar refractivity (Wildman–Crippen MR) is 56.1 cm³/mol. The van der Waals surface area contributed by atoms with Crippen LogP contribution in [0, 0.1) is 5.92 Å². The number of nitrogens with zero attached hydrogens (tertiary/aromatic N) is 2. The third-order valence-electron chi connectivity index (χ3n) is 3.39. The van der Waals surface area contributed by atoms with Crippen LogP contribution in [0.3, 0.4) is 0 Å². The van der Waals surface area contributed by atoms with Gasteiger partial charge in [-0.2, -0.15) is 0 Å². The highest BCUT2D eigenvalue weighted by Gasteiger charge is 2.22. The SMILES string of the molecule is CC1CCC(N2C=NCCC2)CC1. The molecule has 0 saturated heterocycles. The lowest BCUT2D eigenvalue weighted by atomic mass is 9.86. The van der Waals surface area contributed by atoms with Crippen molar-refractivity contribution >= 4 is 6.34 Å². The summed E-state index contributed by atoms with van der Waals surface area (Å²) in [4.78, 5) is 6.82. The van der Waals surface area contributed by atoms with Crippen molar-refractivity contribution in [3.05, 3.63) is 0 Å². The molecule has 2 nitrogen and oxygen atoms in total. The summed E-state index contributed by atoms with van der Waals surface area (Å²) in [7, 11) is 0. The Bertz CT molecular complexity index is 181. The van der Waals surface area contributed by atoms with E-state index in [2.05, 4.69) is 23.2 Å². The first-order valence-electron chi connectivity index (χ1n) is 5.62. The first kappa shape index (κ1) is 9.04. The maximum atomic E-state index is 4.35. The molecule has 74 valence electrons. The second kappa shape index (κ2) is 4.12. The predicted octanol–water partition coefficient (Wildman–Crippen LogP) is 2.30. The molecule has 0 N–H and O–H groups in total. The topological polar surface area (TPSA) is 15.6 Å². The zero-order chi connectivity index (χ0) is 9.10. The monoisotopic (exact) mass is 180 g/mol. The molecule has 0 aromatic rings. The van der Waals surface area contributed by atoms with Crippen LogP contribution < -0.4 is 0 Å². The third kappa shape index (κ3) is 2.23. The van der Waals surface area contributed by atoms with Gasteiger partial charge in [-0.3, -0.25) is 4.99 Å². The molecule has 2 aliphatic rings. The largest absolute Gasteiger partial charge is 0.360 e. The Labute approximate surface area is 81.0 Å². The van der Waals surface area contributed by atoms with Gasteiger partial charge in [-0.15, -0.1) is 0 Å². The highest BCUT2D eigenvalue weighted by molar-refractivity contribution is 5.56. The second-order valence-electron chi connectivity index (χ2n) is 4.53. The van der Waals surface area contributed by atoms with E-state index in [0.717, 1.165) is 18.5 Å². The van der Waals surface area contributed by atoms with Gasteiger partial charge in [-0.1, -0.05) is 6.92 Å². The summed E-state index contributed by atoms with van der Waals surface area (Å²) >= 11 is 0. The molecule has 0 aromatic carbocycles. The van der Waals surface area contributed by atoms with Gasteiger partial charge in [0, 0.05) is 19.1 Å². The average Bonchev–Trinajstić information content (AvgIpc) is 2.20. The number of aliphatic imine (C=N–C) groups is 1. The van der Waals surface area contributed by atoms with Crippen molar-refractivity contribution in [2.75, 3.05) is 13.1 Å². The molecule has 2 rings (SSSR count). The van der Waals surface area contributed by atoms with Crippen molar-refractivity contribution < 1.29 is 0 Å². The maximum Gasteiger partial charge on any atom is 0.0852 e. The van der Waals surface area contributed by atoms with E-state index >= 15 is 0 Å². The average molecular weight is 180 g/mol. The minimum atomic E-state index is 0.806. The van der Waals surface area contributed by atoms with Gasteiger partial charge in [-0.25, -0.2) is 0 Å². The first-order chi connectivity index (χ1) is 6.36. The van der Waals surface area contributed by atoms with E-state index in [-0.39, 0.29) is 0 Å². The normalized spacial score (nSPS) is 35.0. The zero-order valence-corrected chi connectivity index (χ0v) is 8.58. The van der Waals surface area contributed by atoms with E-state index in [9.17, 15) is 0 Å². The Kier molecular flexibility index (Phi) is 2.87. The van der Waals surface area contributed by atoms with E-state index in [0.29, 0.717) is 0 Å². The summed E-state index contributed by atoms with van der Waals surface area (Å²) in [5, 5.41) is 0. The number of hydrogen-bond donors (Lipinski definition) is 0. The van der Waals surface area contributed by atoms with Crippen molar-refractivity contribution in [3.63, 3.8) is 0 Å². The van der Waals surface area contributed by atoms with Gasteiger partial charge in [0.2, 0.25) is 0 Å². The molecule has 0 atom stereocenters. The molecular formula is C11H20N2. The molecule has 1 saturated carbocycles. The van der Waals surface area contributed by atoms with E-state index in [4.69, 9.17) is 0 Å². The van der Waals surface area contributed by atoms with Crippen LogP contribution in [0.15, 0.2) is 4.99 Å². The quantitative estimate of drug-likeness (QED) is 0.604. The summed E-state index contributed by atoms with van der Waals surface area (Å²) in [6, 6.07) is 0.806. The van der Waals surface area contributed by atoms with Gasteiger partial charge in [-0.05, 0) is 38.0 Å². The Morgan fingerprint density at radius 2 is 2.00 bits per heavy atom. The van der Waals surface area contributed by atoms with Gasteiger partial charge >= 0.3 is 0 Å². The lowest BCUT2D eigenvalue weighted by Gasteiger charge is -2.36. The highest BCUT2D eigenvalue weighted by Crippen LogP contribution is 2.26. The number of hydrogen-bond acceptors (Lipinski definition) is 2. The fourth-order valence-electron chi connectivity index (χ4n) is 2.42. The smallest absolute Gasteiger partial charge is 0.0852 e. The molecule has 2 heteroatoms. The standard InChI is InChI=1S/C11H20N2/c1-10-3-5-11(6-4-10)13-8-2-7-12-9-13/h9-11H,2-8H2,1H3. The number of rotatable bonds is 1. The maximum absolute atomic E-state index is 4.35. The van der Waals surface area contributed by atoms with Gasteiger partial charge < -0.3 is 4.90 Å². The molecule has 13 heavy (non-hydrogen) atoms. The van der Waals surface area contributed by atoms with Crippen molar-refractivity contribution in [3.8, 4) is 0 Å². The fourth-order valence-corrected chi connectivity index (χ4v) is 2.42. The van der Waals surface area contributed by atoms with Crippen LogP contribution in [-0.4, -0.2) is 30.4 Å². The second-order valence-corrected chi connectivity index (χ2v) is 4.53. The summed E-state index contributed by atoms with van der Waals surface area (Å²) in [6.07, 6.45) is 8.93. The van der Waals surface area contributed by atoms with Crippen LogP contribution in [0.2, 0.25) is 0 Å². The van der Waals surface area contributed by atoms with Crippen LogP contribution in [0.4, 0.5) is 0 Å². The van der Waals surface area contributed by atoms with Crippen LogP contribution in [-0.2, 0) is 0 Å². The Morgan fingerprint density at radius 3 is 2.62 bits per heavy atom. The third-order valence-corrected chi connectivity index (χ3v) is 3.39. The first-order valence-corrected chi connectivity index (χ1v) is 5.62. The molecule has 1 fully saturated rings. The summed E-state index contributed by atoms with van der Waals surface area (Å²) in [6.45, 7) is 4.66. The van der Waals surface area contributed by atoms with E-state index in [1.165, 1.54) is 38.6 Å². The van der Waals surface area contributed by atoms with Gasteiger partial charge in [0.15, 0.2) is 0 Å². The molecule has 0 spiro atoms. The molecule has 0 radical (unpaired) electrons. The Hall–Kier alpha value is -0.530. The summed E-state index contributed by atoms with van der Waals surface area (Å²) in [5.41, 5.74) is 0. The molecular weight excluding hydrogens is 160 g/mol. The van der Waals surface area contributed by atoms with E-state index < -0.39 is 0 Å². The molecule has 1 heterocycles. The molecule has 0 amide bonds. The van der Waals surface area contributed by atoms with Crippen LogP contribution in [0.1, 0.15) is 39.0 Å². The fraction of sp³-hybridized carbons (Fsp3) is 0.909. The molecule has 0 bridgehead atoms. The lowest BCUT2D eigenvalue weighted by molar-refractivity contribution is 0.212. The minimum absolute atomic E-state index is 0.806. The van der Waals surface area contributed by atoms with Crippen LogP contribution in [0.25, 0.3) is 0 Å². The highest BCUT2D eigenvalue weighted by atomic mass is 15.2. The molecule has 0 unspecified atom stereocenters. The van der Waals surface area contributed by atoms with Crippen molar-refractivity contribution in [1.29, 1.82) is 0 Å². The Morgan fingerprint density at radius 1 is 1.23 bits per heavy atom. The molecule has 1 aliphatic heterocycles. The van der Waals surface area contributed by atoms with Crippen molar-refractivity contribution in [2.24, 2.45) is 10.9 Å². The van der Waals surface area contributed by atoms with Gasteiger partial charge in [0.1, 0.15) is 0 Å². The zero-order valence-electron chi connectivity index (χ0n) is 8.58. The van der Waals surface area contributed by atoms with Gasteiger partial charge in [0.25, 0.3) is 0 Å². The molecule has 0 aromatic heterocycles. The van der Waals surface area contributed by atoms with Crippen molar-refractivity contribution in [1.82, 2.24) is 4.90 Å². The van der Waals surface area contributed by atoms with Crippen LogP contribution >= 0.6 is 0 Å².